The first-order chi connectivity index (χ1) is 11.1. The highest BCUT2D eigenvalue weighted by molar-refractivity contribution is 9.10. The average Bonchev–Trinajstić information content (AvgIpc) is 2.56. The van der Waals surface area contributed by atoms with Crippen molar-refractivity contribution in [3.63, 3.8) is 0 Å². The Labute approximate surface area is 144 Å². The number of hydrogen-bond donors (Lipinski definition) is 1. The molecule has 0 saturated heterocycles. The molecule has 1 N–H and O–H groups in total. The summed E-state index contributed by atoms with van der Waals surface area (Å²) in [6, 6.07) is 5.66. The summed E-state index contributed by atoms with van der Waals surface area (Å²) in [4.78, 5) is 16.1. The van der Waals surface area contributed by atoms with E-state index in [-0.39, 0.29) is 12.2 Å². The van der Waals surface area contributed by atoms with Crippen molar-refractivity contribution in [3.8, 4) is 6.07 Å². The van der Waals surface area contributed by atoms with Crippen LogP contribution >= 0.6 is 15.9 Å². The van der Waals surface area contributed by atoms with E-state index >= 15 is 0 Å². The summed E-state index contributed by atoms with van der Waals surface area (Å²) in [6.45, 7) is 5.21. The van der Waals surface area contributed by atoms with Crippen molar-refractivity contribution >= 4 is 21.9 Å². The van der Waals surface area contributed by atoms with E-state index in [4.69, 9.17) is 9.47 Å². The first-order valence-corrected chi connectivity index (χ1v) is 8.14. The van der Waals surface area contributed by atoms with Crippen LogP contribution in [0.25, 0.3) is 0 Å². The number of nitrogens with zero attached hydrogens (tertiary/aromatic N) is 2. The lowest BCUT2D eigenvalue weighted by atomic mass is 10.1. The van der Waals surface area contributed by atoms with E-state index in [2.05, 4.69) is 26.2 Å². The first kappa shape index (κ1) is 19.1. The number of aromatic nitrogens is 1. The van der Waals surface area contributed by atoms with E-state index in [1.54, 1.807) is 6.20 Å². The molecule has 0 radical (unpaired) electrons. The van der Waals surface area contributed by atoms with Crippen LogP contribution in [0, 0.1) is 11.3 Å². The number of halogens is 1. The molecule has 0 saturated carbocycles. The smallest absolute Gasteiger partial charge is 0.350 e. The molecular weight excluding hydrogens is 362 g/mol. The minimum absolute atomic E-state index is 0.00549. The summed E-state index contributed by atoms with van der Waals surface area (Å²) in [5, 5.41) is 12.3. The lowest BCUT2D eigenvalue weighted by molar-refractivity contribution is -0.140. The van der Waals surface area contributed by atoms with Gasteiger partial charge in [0.05, 0.1) is 6.61 Å². The third-order valence-electron chi connectivity index (χ3n) is 2.93. The van der Waals surface area contributed by atoms with Crippen LogP contribution in [0.2, 0.25) is 0 Å². The number of rotatable bonds is 9. The molecule has 0 bridgehead atoms. The molecule has 0 fully saturated rings. The van der Waals surface area contributed by atoms with E-state index in [9.17, 15) is 10.1 Å². The highest BCUT2D eigenvalue weighted by atomic mass is 79.9. The largest absolute Gasteiger partial charge is 0.459 e. The summed E-state index contributed by atoms with van der Waals surface area (Å²) in [7, 11) is 0. The van der Waals surface area contributed by atoms with Crippen molar-refractivity contribution in [2.45, 2.75) is 26.8 Å². The monoisotopic (exact) mass is 381 g/mol. The van der Waals surface area contributed by atoms with Crippen molar-refractivity contribution in [1.82, 2.24) is 10.3 Å². The maximum absolute atomic E-state index is 12.0. The van der Waals surface area contributed by atoms with Gasteiger partial charge in [-0.05, 0) is 40.9 Å². The van der Waals surface area contributed by atoms with Gasteiger partial charge in [0.2, 0.25) is 0 Å². The Morgan fingerprint density at radius 2 is 2.17 bits per heavy atom. The number of nitriles is 1. The number of nitrogens with one attached hydrogen (secondary N) is 1. The molecule has 0 spiro atoms. The van der Waals surface area contributed by atoms with Gasteiger partial charge >= 0.3 is 5.97 Å². The highest BCUT2D eigenvalue weighted by Crippen LogP contribution is 2.10. The number of allylic oxidation sites excluding steroid dienone is 1. The van der Waals surface area contributed by atoms with E-state index in [0.29, 0.717) is 31.9 Å². The number of hydrogen-bond acceptors (Lipinski definition) is 6. The molecule has 1 heterocycles. The van der Waals surface area contributed by atoms with Crippen LogP contribution in [-0.2, 0) is 20.8 Å². The summed E-state index contributed by atoms with van der Waals surface area (Å²) < 4.78 is 10.9. The van der Waals surface area contributed by atoms with Gasteiger partial charge in [-0.15, -0.1) is 0 Å². The molecule has 23 heavy (non-hydrogen) atoms. The van der Waals surface area contributed by atoms with Crippen LogP contribution < -0.4 is 5.32 Å². The van der Waals surface area contributed by atoms with Crippen LogP contribution in [0.3, 0.4) is 0 Å². The zero-order valence-electron chi connectivity index (χ0n) is 13.3. The molecule has 0 aliphatic rings. The average molecular weight is 382 g/mol. The van der Waals surface area contributed by atoms with Gasteiger partial charge in [0.15, 0.2) is 5.57 Å². The summed E-state index contributed by atoms with van der Waals surface area (Å²) in [6.07, 6.45) is 2.24. The zero-order chi connectivity index (χ0) is 17.1. The normalized spacial score (nSPS) is 11.4. The van der Waals surface area contributed by atoms with Gasteiger partial charge in [0, 0.05) is 25.0 Å². The molecule has 0 unspecified atom stereocenters. The van der Waals surface area contributed by atoms with Crippen LogP contribution in [0.1, 0.15) is 25.8 Å². The minimum atomic E-state index is -0.634. The lowest BCUT2D eigenvalue weighted by Gasteiger charge is -2.12. The molecule has 7 heteroatoms. The van der Waals surface area contributed by atoms with Crippen molar-refractivity contribution in [2.24, 2.45) is 0 Å². The molecule has 6 nitrogen and oxygen atoms in total. The lowest BCUT2D eigenvalue weighted by Crippen LogP contribution is -2.20. The van der Waals surface area contributed by atoms with E-state index in [0.717, 1.165) is 10.2 Å². The van der Waals surface area contributed by atoms with E-state index < -0.39 is 5.97 Å². The second-order valence-corrected chi connectivity index (χ2v) is 5.31. The predicted octanol–water partition coefficient (Wildman–Crippen LogP) is 2.70. The molecule has 0 aromatic carbocycles. The Balaban J connectivity index is 2.68. The molecule has 1 rings (SSSR count). The standard InChI is InChI=1S/C16H20BrN3O3/c1-3-14(19-10-12-5-6-15(17)20-11-12)13(9-18)16(21)23-8-7-22-4-2/h5-6,11,19H,3-4,7-8,10H2,1-2H3/b14-13-. The van der Waals surface area contributed by atoms with Gasteiger partial charge in [-0.1, -0.05) is 13.0 Å². The SMILES string of the molecule is CCOCCOC(=O)/C(C#N)=C(/CC)NCc1ccc(Br)nc1. The Kier molecular flexibility index (Phi) is 8.95. The second-order valence-electron chi connectivity index (χ2n) is 4.49. The topological polar surface area (TPSA) is 84.2 Å². The van der Waals surface area contributed by atoms with Gasteiger partial charge in [-0.25, -0.2) is 9.78 Å². The number of carbonyl (C=O) groups excluding carboxylic acids is 1. The molecule has 1 aromatic rings. The minimum Gasteiger partial charge on any atom is -0.459 e. The van der Waals surface area contributed by atoms with Gasteiger partial charge in [0.1, 0.15) is 17.3 Å². The van der Waals surface area contributed by atoms with Crippen LogP contribution in [0.4, 0.5) is 0 Å². The van der Waals surface area contributed by atoms with E-state index in [1.807, 2.05) is 32.0 Å². The number of esters is 1. The van der Waals surface area contributed by atoms with Gasteiger partial charge in [0.25, 0.3) is 0 Å². The first-order valence-electron chi connectivity index (χ1n) is 7.34. The maximum Gasteiger partial charge on any atom is 0.350 e. The fourth-order valence-electron chi connectivity index (χ4n) is 1.76. The molecule has 0 atom stereocenters. The molecule has 0 aliphatic carbocycles. The van der Waals surface area contributed by atoms with Crippen molar-refractivity contribution < 1.29 is 14.3 Å². The van der Waals surface area contributed by atoms with Gasteiger partial charge in [-0.3, -0.25) is 0 Å². The summed E-state index contributed by atoms with van der Waals surface area (Å²) >= 11 is 3.27. The molecule has 0 aliphatic heterocycles. The van der Waals surface area contributed by atoms with Crippen LogP contribution in [0.5, 0.6) is 0 Å². The molecular formula is C16H20BrN3O3. The quantitative estimate of drug-likeness (QED) is 0.232. The van der Waals surface area contributed by atoms with Crippen LogP contribution in [-0.4, -0.2) is 30.8 Å². The Morgan fingerprint density at radius 1 is 1.39 bits per heavy atom. The molecule has 0 amide bonds. The number of ether oxygens (including phenoxy) is 2. The Morgan fingerprint density at radius 3 is 2.74 bits per heavy atom. The second kappa shape index (κ2) is 10.8. The van der Waals surface area contributed by atoms with E-state index in [1.165, 1.54) is 0 Å². The fraction of sp³-hybridized carbons (Fsp3) is 0.438. The fourth-order valence-corrected chi connectivity index (χ4v) is 1.99. The van der Waals surface area contributed by atoms with Crippen molar-refractivity contribution in [2.75, 3.05) is 19.8 Å². The van der Waals surface area contributed by atoms with Gasteiger partial charge < -0.3 is 14.8 Å². The van der Waals surface area contributed by atoms with Crippen molar-refractivity contribution in [1.29, 1.82) is 5.26 Å². The van der Waals surface area contributed by atoms with Crippen molar-refractivity contribution in [3.05, 3.63) is 39.8 Å². The molecule has 1 aromatic heterocycles. The Bertz CT molecular complexity index is 579. The number of carbonyl (C=O) groups is 1. The summed E-state index contributed by atoms with van der Waals surface area (Å²) in [5.41, 5.74) is 1.49. The highest BCUT2D eigenvalue weighted by Gasteiger charge is 2.16. The zero-order valence-corrected chi connectivity index (χ0v) is 14.9. The maximum atomic E-state index is 12.0. The summed E-state index contributed by atoms with van der Waals surface area (Å²) in [5.74, 6) is -0.634. The van der Waals surface area contributed by atoms with Gasteiger partial charge in [-0.2, -0.15) is 5.26 Å². The third kappa shape index (κ3) is 6.80. The Hall–Kier alpha value is -1.91. The van der Waals surface area contributed by atoms with Crippen LogP contribution in [0.15, 0.2) is 34.2 Å². The molecule has 124 valence electrons. The third-order valence-corrected chi connectivity index (χ3v) is 3.40. The number of pyridine rings is 1. The predicted molar refractivity (Wildman–Crippen MR) is 89.2 cm³/mol.